The first kappa shape index (κ1) is 21.5. The zero-order valence-electron chi connectivity index (χ0n) is 17.3. The summed E-state index contributed by atoms with van der Waals surface area (Å²) in [5.41, 5.74) is 0.0332. The van der Waals surface area contributed by atoms with Crippen molar-refractivity contribution in [2.75, 3.05) is 6.61 Å². The third kappa shape index (κ3) is 4.87. The summed E-state index contributed by atoms with van der Waals surface area (Å²) in [6, 6.07) is 2.90. The molecule has 2 nitrogen and oxygen atoms in total. The standard InChI is InChI=1S/C24H34F2O2/c1-3-15-28-21-14-13-20(22(25)23(21)26)24(27)19-11-9-18(10-12-19)17-7-5-16(4-2)6-8-17/h13-14,16,18,24,27H,3-12,15H2,1-2H3. The van der Waals surface area contributed by atoms with Gasteiger partial charge in [0.15, 0.2) is 11.6 Å². The summed E-state index contributed by atoms with van der Waals surface area (Å²) in [7, 11) is 0. The van der Waals surface area contributed by atoms with Crippen molar-refractivity contribution >= 4 is 0 Å². The average Bonchev–Trinajstić information content (AvgIpc) is 2.74. The van der Waals surface area contributed by atoms with Gasteiger partial charge in [-0.25, -0.2) is 4.39 Å². The van der Waals surface area contributed by atoms with Crippen molar-refractivity contribution in [2.24, 2.45) is 11.8 Å². The van der Waals surface area contributed by atoms with Crippen molar-refractivity contribution < 1.29 is 18.6 Å². The molecule has 2 aliphatic carbocycles. The van der Waals surface area contributed by atoms with E-state index in [0.29, 0.717) is 12.5 Å². The zero-order chi connectivity index (χ0) is 20.1. The number of benzene rings is 1. The van der Waals surface area contributed by atoms with Crippen LogP contribution >= 0.6 is 0 Å². The molecule has 1 atom stereocenters. The number of hydrogen-bond acceptors (Lipinski definition) is 2. The van der Waals surface area contributed by atoms with Crippen LogP contribution < -0.4 is 4.74 Å². The molecule has 0 spiro atoms. The van der Waals surface area contributed by atoms with Gasteiger partial charge in [-0.05, 0) is 87.7 Å². The molecule has 0 amide bonds. The highest BCUT2D eigenvalue weighted by Gasteiger charge is 2.34. The Hall–Kier alpha value is -1.16. The molecular formula is C24H34F2O2. The molecule has 28 heavy (non-hydrogen) atoms. The first-order valence-corrected chi connectivity index (χ1v) is 11.0. The second kappa shape index (κ2) is 10.0. The van der Waals surface area contributed by atoms with E-state index in [2.05, 4.69) is 6.92 Å². The van der Waals surface area contributed by atoms with Gasteiger partial charge in [-0.3, -0.25) is 0 Å². The lowest BCUT2D eigenvalue weighted by atomic mass is 9.68. The van der Waals surface area contributed by atoms with Crippen molar-refractivity contribution in [3.8, 4) is 5.75 Å². The molecule has 4 heteroatoms. The number of aliphatic hydroxyl groups is 1. The Bertz CT molecular complexity index is 617. The molecule has 156 valence electrons. The molecule has 1 aromatic carbocycles. The smallest absolute Gasteiger partial charge is 0.200 e. The minimum atomic E-state index is -1.03. The van der Waals surface area contributed by atoms with Gasteiger partial charge in [0.1, 0.15) is 0 Å². The van der Waals surface area contributed by atoms with Gasteiger partial charge in [0.2, 0.25) is 5.82 Å². The SMILES string of the molecule is CCCOc1ccc(C(O)[C]2CCC([C]3CCC(CC)CC3)CC2)c(F)c1F. The molecule has 1 unspecified atom stereocenters. The Balaban J connectivity index is 1.56. The van der Waals surface area contributed by atoms with Crippen LogP contribution in [-0.4, -0.2) is 11.7 Å². The van der Waals surface area contributed by atoms with Crippen LogP contribution in [0.5, 0.6) is 5.75 Å². The Labute approximate surface area is 168 Å². The topological polar surface area (TPSA) is 29.5 Å². The Morgan fingerprint density at radius 3 is 2.29 bits per heavy atom. The molecule has 2 fully saturated rings. The van der Waals surface area contributed by atoms with E-state index in [0.717, 1.165) is 43.9 Å². The number of ether oxygens (including phenoxy) is 1. The Morgan fingerprint density at radius 2 is 1.68 bits per heavy atom. The second-order valence-electron chi connectivity index (χ2n) is 8.47. The third-order valence-corrected chi connectivity index (χ3v) is 6.75. The van der Waals surface area contributed by atoms with Crippen LogP contribution in [0, 0.1) is 35.3 Å². The van der Waals surface area contributed by atoms with E-state index in [9.17, 15) is 13.9 Å². The fraction of sp³-hybridized carbons (Fsp3) is 0.667. The highest BCUT2D eigenvalue weighted by Crippen LogP contribution is 2.46. The van der Waals surface area contributed by atoms with Crippen LogP contribution in [0.3, 0.4) is 0 Å². The quantitative estimate of drug-likeness (QED) is 0.558. The van der Waals surface area contributed by atoms with Crippen LogP contribution in [0.2, 0.25) is 0 Å². The normalized spacial score (nSPS) is 21.8. The predicted octanol–water partition coefficient (Wildman–Crippen LogP) is 6.73. The Kier molecular flexibility index (Phi) is 7.73. The molecule has 0 saturated heterocycles. The van der Waals surface area contributed by atoms with Gasteiger partial charge >= 0.3 is 0 Å². The van der Waals surface area contributed by atoms with E-state index < -0.39 is 17.7 Å². The van der Waals surface area contributed by atoms with Gasteiger partial charge in [0.25, 0.3) is 0 Å². The molecule has 1 aromatic rings. The fourth-order valence-electron chi connectivity index (χ4n) is 4.84. The lowest BCUT2D eigenvalue weighted by Gasteiger charge is -2.38. The summed E-state index contributed by atoms with van der Waals surface area (Å²) in [6.07, 6.45) is 9.76. The Morgan fingerprint density at radius 1 is 1.00 bits per heavy atom. The van der Waals surface area contributed by atoms with Crippen molar-refractivity contribution in [1.29, 1.82) is 0 Å². The van der Waals surface area contributed by atoms with Crippen LogP contribution in [0.4, 0.5) is 8.78 Å². The molecule has 0 bridgehead atoms. The van der Waals surface area contributed by atoms with Crippen LogP contribution in [0.15, 0.2) is 12.1 Å². The van der Waals surface area contributed by atoms with Gasteiger partial charge in [-0.1, -0.05) is 20.3 Å². The van der Waals surface area contributed by atoms with Gasteiger partial charge in [0, 0.05) is 11.5 Å². The first-order valence-electron chi connectivity index (χ1n) is 11.0. The molecule has 0 aliphatic heterocycles. The number of hydrogen-bond donors (Lipinski definition) is 1. The first-order chi connectivity index (χ1) is 13.5. The van der Waals surface area contributed by atoms with Gasteiger partial charge in [-0.15, -0.1) is 0 Å². The third-order valence-electron chi connectivity index (χ3n) is 6.75. The van der Waals surface area contributed by atoms with Gasteiger partial charge in [0.05, 0.1) is 12.7 Å². The van der Waals surface area contributed by atoms with E-state index in [1.54, 1.807) is 5.92 Å². The van der Waals surface area contributed by atoms with Crippen LogP contribution in [0.25, 0.3) is 0 Å². The molecule has 3 rings (SSSR count). The number of rotatable bonds is 7. The van der Waals surface area contributed by atoms with E-state index in [-0.39, 0.29) is 11.3 Å². The van der Waals surface area contributed by atoms with Crippen molar-refractivity contribution in [3.63, 3.8) is 0 Å². The summed E-state index contributed by atoms with van der Waals surface area (Å²) in [5.74, 6) is 2.10. The lowest BCUT2D eigenvalue weighted by Crippen LogP contribution is -2.26. The maximum absolute atomic E-state index is 14.5. The summed E-state index contributed by atoms with van der Waals surface area (Å²) in [4.78, 5) is 0. The van der Waals surface area contributed by atoms with Gasteiger partial charge in [-0.2, -0.15) is 4.39 Å². The molecule has 2 saturated carbocycles. The minimum Gasteiger partial charge on any atom is -0.490 e. The van der Waals surface area contributed by atoms with Crippen molar-refractivity contribution in [2.45, 2.75) is 84.2 Å². The highest BCUT2D eigenvalue weighted by atomic mass is 19.2. The van der Waals surface area contributed by atoms with Crippen molar-refractivity contribution in [3.05, 3.63) is 41.2 Å². The summed E-state index contributed by atoms with van der Waals surface area (Å²) in [6.45, 7) is 4.53. The van der Waals surface area contributed by atoms with E-state index in [1.165, 1.54) is 44.2 Å². The molecule has 1 N–H and O–H groups in total. The van der Waals surface area contributed by atoms with Crippen LogP contribution in [0.1, 0.15) is 89.7 Å². The minimum absolute atomic E-state index is 0.0332. The zero-order valence-corrected chi connectivity index (χ0v) is 17.3. The van der Waals surface area contributed by atoms with Gasteiger partial charge < -0.3 is 9.84 Å². The lowest BCUT2D eigenvalue weighted by molar-refractivity contribution is 0.154. The molecule has 2 aliphatic rings. The summed E-state index contributed by atoms with van der Waals surface area (Å²) >= 11 is 0. The van der Waals surface area contributed by atoms with Crippen LogP contribution in [-0.2, 0) is 0 Å². The fourth-order valence-corrected chi connectivity index (χ4v) is 4.84. The molecule has 0 aromatic heterocycles. The summed E-state index contributed by atoms with van der Waals surface area (Å²) < 4.78 is 34.0. The molecule has 0 heterocycles. The number of halogens is 2. The average molecular weight is 393 g/mol. The maximum Gasteiger partial charge on any atom is 0.200 e. The van der Waals surface area contributed by atoms with E-state index in [4.69, 9.17) is 4.74 Å². The molecular weight excluding hydrogens is 358 g/mol. The maximum atomic E-state index is 14.5. The van der Waals surface area contributed by atoms with Crippen molar-refractivity contribution in [1.82, 2.24) is 0 Å². The second-order valence-corrected chi connectivity index (χ2v) is 8.47. The van der Waals surface area contributed by atoms with E-state index >= 15 is 0 Å². The monoisotopic (exact) mass is 392 g/mol. The van der Waals surface area contributed by atoms with E-state index in [1.807, 2.05) is 6.92 Å². The molecule has 2 radical (unpaired) electrons. The largest absolute Gasteiger partial charge is 0.490 e. The highest BCUT2D eigenvalue weighted by molar-refractivity contribution is 5.34. The summed E-state index contributed by atoms with van der Waals surface area (Å²) in [5, 5.41) is 10.7. The number of aliphatic hydroxyl groups excluding tert-OH is 1. The predicted molar refractivity (Wildman–Crippen MR) is 108 cm³/mol.